The van der Waals surface area contributed by atoms with Crippen LogP contribution in [0.25, 0.3) is 0 Å². The number of rotatable bonds is 5. The second-order valence-corrected chi connectivity index (χ2v) is 7.71. The van der Waals surface area contributed by atoms with Gasteiger partial charge in [-0.25, -0.2) is 0 Å². The molecule has 1 nitrogen and oxygen atoms in total. The minimum atomic E-state index is 0.477. The Kier molecular flexibility index (Phi) is 3.51. The standard InChI is InChI=1S/C17H28O/c1-11(2)4-3-5-16(18)17-14-7-12-6-13(9-14)10-15(17)8-12/h11-15,17H,3-10H2,1-2H3. The van der Waals surface area contributed by atoms with Crippen molar-refractivity contribution in [2.24, 2.45) is 35.5 Å². The first-order valence-electron chi connectivity index (χ1n) is 8.16. The van der Waals surface area contributed by atoms with E-state index in [1.54, 1.807) is 0 Å². The van der Waals surface area contributed by atoms with Gasteiger partial charge in [0.1, 0.15) is 5.78 Å². The van der Waals surface area contributed by atoms with E-state index < -0.39 is 0 Å². The Balaban J connectivity index is 1.57. The van der Waals surface area contributed by atoms with Crippen molar-refractivity contribution < 1.29 is 4.79 Å². The van der Waals surface area contributed by atoms with Gasteiger partial charge in [-0.2, -0.15) is 0 Å². The molecule has 1 heteroatoms. The summed E-state index contributed by atoms with van der Waals surface area (Å²) < 4.78 is 0. The minimum absolute atomic E-state index is 0.477. The maximum Gasteiger partial charge on any atom is 0.136 e. The Morgan fingerprint density at radius 3 is 2.06 bits per heavy atom. The Morgan fingerprint density at radius 1 is 1.00 bits per heavy atom. The minimum Gasteiger partial charge on any atom is -0.299 e. The predicted octanol–water partition coefficient (Wildman–Crippen LogP) is 4.45. The van der Waals surface area contributed by atoms with E-state index in [4.69, 9.17) is 0 Å². The number of hydrogen-bond acceptors (Lipinski definition) is 1. The van der Waals surface area contributed by atoms with Gasteiger partial charge in [0.2, 0.25) is 0 Å². The first-order chi connectivity index (χ1) is 8.63. The van der Waals surface area contributed by atoms with Gasteiger partial charge in [0.05, 0.1) is 0 Å². The largest absolute Gasteiger partial charge is 0.299 e. The summed E-state index contributed by atoms with van der Waals surface area (Å²) >= 11 is 0. The fourth-order valence-electron chi connectivity index (χ4n) is 5.30. The molecule has 4 aliphatic carbocycles. The molecule has 0 aromatic heterocycles. The summed E-state index contributed by atoms with van der Waals surface area (Å²) in [5, 5.41) is 0. The molecule has 0 radical (unpaired) electrons. The van der Waals surface area contributed by atoms with Crippen LogP contribution in [-0.4, -0.2) is 5.78 Å². The van der Waals surface area contributed by atoms with E-state index in [0.717, 1.165) is 42.4 Å². The van der Waals surface area contributed by atoms with Crippen molar-refractivity contribution >= 4 is 5.78 Å². The molecular weight excluding hydrogens is 220 g/mol. The third-order valence-electron chi connectivity index (χ3n) is 5.80. The van der Waals surface area contributed by atoms with Gasteiger partial charge in [-0.1, -0.05) is 20.3 Å². The molecule has 0 heterocycles. The average Bonchev–Trinajstić information content (AvgIpc) is 2.26. The number of carbonyl (C=O) groups is 1. The van der Waals surface area contributed by atoms with Crippen LogP contribution >= 0.6 is 0 Å². The van der Waals surface area contributed by atoms with Crippen molar-refractivity contribution in [3.8, 4) is 0 Å². The summed E-state index contributed by atoms with van der Waals surface area (Å²) in [7, 11) is 0. The molecule has 0 N–H and O–H groups in total. The molecule has 4 aliphatic rings. The lowest BCUT2D eigenvalue weighted by Crippen LogP contribution is -2.47. The van der Waals surface area contributed by atoms with Gasteiger partial charge < -0.3 is 0 Å². The van der Waals surface area contributed by atoms with Crippen LogP contribution in [0.2, 0.25) is 0 Å². The van der Waals surface area contributed by atoms with E-state index in [1.807, 2.05) is 0 Å². The van der Waals surface area contributed by atoms with Crippen LogP contribution in [0.5, 0.6) is 0 Å². The number of ketones is 1. The highest BCUT2D eigenvalue weighted by Crippen LogP contribution is 2.56. The van der Waals surface area contributed by atoms with Crippen LogP contribution in [-0.2, 0) is 4.79 Å². The summed E-state index contributed by atoms with van der Waals surface area (Å²) in [6, 6.07) is 0. The van der Waals surface area contributed by atoms with Gasteiger partial charge in [0.15, 0.2) is 0 Å². The normalized spacial score (nSPS) is 41.6. The van der Waals surface area contributed by atoms with E-state index in [9.17, 15) is 4.79 Å². The van der Waals surface area contributed by atoms with Gasteiger partial charge in [-0.15, -0.1) is 0 Å². The molecule has 18 heavy (non-hydrogen) atoms. The maximum absolute atomic E-state index is 12.5. The molecule has 4 saturated carbocycles. The Morgan fingerprint density at radius 2 is 1.56 bits per heavy atom. The summed E-state index contributed by atoms with van der Waals surface area (Å²) in [5.74, 6) is 5.41. The Labute approximate surface area is 112 Å². The van der Waals surface area contributed by atoms with Crippen LogP contribution in [0.3, 0.4) is 0 Å². The van der Waals surface area contributed by atoms with E-state index in [-0.39, 0.29) is 0 Å². The zero-order valence-corrected chi connectivity index (χ0v) is 12.0. The molecule has 4 bridgehead atoms. The lowest BCUT2D eigenvalue weighted by molar-refractivity contribution is -0.136. The van der Waals surface area contributed by atoms with Gasteiger partial charge in [-0.05, 0) is 68.1 Å². The molecule has 0 aromatic rings. The molecule has 102 valence electrons. The zero-order valence-electron chi connectivity index (χ0n) is 12.0. The number of Topliss-reactive ketones (excluding diaryl/α,β-unsaturated/α-hetero) is 1. The first-order valence-corrected chi connectivity index (χ1v) is 8.16. The Bertz CT molecular complexity index is 290. The molecule has 0 saturated heterocycles. The average molecular weight is 248 g/mol. The highest BCUT2D eigenvalue weighted by Gasteiger charge is 2.50. The van der Waals surface area contributed by atoms with Crippen molar-refractivity contribution in [2.75, 3.05) is 0 Å². The first kappa shape index (κ1) is 12.7. The lowest BCUT2D eigenvalue weighted by Gasteiger charge is -2.53. The molecule has 0 aliphatic heterocycles. The molecule has 0 aromatic carbocycles. The highest BCUT2D eigenvalue weighted by molar-refractivity contribution is 5.81. The van der Waals surface area contributed by atoms with Crippen LogP contribution in [0.4, 0.5) is 0 Å². The highest BCUT2D eigenvalue weighted by atomic mass is 16.1. The molecule has 0 atom stereocenters. The van der Waals surface area contributed by atoms with Crippen LogP contribution in [0, 0.1) is 35.5 Å². The maximum atomic E-state index is 12.5. The van der Waals surface area contributed by atoms with E-state index in [2.05, 4.69) is 13.8 Å². The zero-order chi connectivity index (χ0) is 12.7. The third kappa shape index (κ3) is 2.38. The lowest BCUT2D eigenvalue weighted by atomic mass is 9.51. The monoisotopic (exact) mass is 248 g/mol. The third-order valence-corrected chi connectivity index (χ3v) is 5.80. The van der Waals surface area contributed by atoms with Gasteiger partial charge >= 0.3 is 0 Å². The van der Waals surface area contributed by atoms with Crippen LogP contribution in [0.1, 0.15) is 65.2 Å². The van der Waals surface area contributed by atoms with E-state index >= 15 is 0 Å². The topological polar surface area (TPSA) is 17.1 Å². The quantitative estimate of drug-likeness (QED) is 0.702. The fraction of sp³-hybridized carbons (Fsp3) is 0.941. The van der Waals surface area contributed by atoms with Crippen molar-refractivity contribution in [1.82, 2.24) is 0 Å². The van der Waals surface area contributed by atoms with Gasteiger partial charge in [0.25, 0.3) is 0 Å². The molecule has 4 fully saturated rings. The number of carbonyl (C=O) groups excluding carboxylic acids is 1. The summed E-state index contributed by atoms with van der Waals surface area (Å²) in [6.07, 6.45) is 10.2. The van der Waals surface area contributed by atoms with Crippen LogP contribution < -0.4 is 0 Å². The smallest absolute Gasteiger partial charge is 0.136 e. The second kappa shape index (κ2) is 4.98. The predicted molar refractivity (Wildman–Crippen MR) is 74.2 cm³/mol. The molecule has 0 amide bonds. The molecule has 0 unspecified atom stereocenters. The molecule has 0 spiro atoms. The summed E-state index contributed by atoms with van der Waals surface area (Å²) in [6.45, 7) is 4.51. The second-order valence-electron chi connectivity index (χ2n) is 7.71. The number of hydrogen-bond donors (Lipinski definition) is 0. The molecular formula is C17H28O. The van der Waals surface area contributed by atoms with Crippen molar-refractivity contribution in [3.63, 3.8) is 0 Å². The van der Waals surface area contributed by atoms with Crippen molar-refractivity contribution in [1.29, 1.82) is 0 Å². The Hall–Kier alpha value is -0.330. The van der Waals surface area contributed by atoms with Gasteiger partial charge in [0, 0.05) is 12.3 Å². The van der Waals surface area contributed by atoms with Crippen molar-refractivity contribution in [2.45, 2.75) is 65.2 Å². The van der Waals surface area contributed by atoms with E-state index in [0.29, 0.717) is 11.7 Å². The molecule has 4 rings (SSSR count). The van der Waals surface area contributed by atoms with Gasteiger partial charge in [-0.3, -0.25) is 4.79 Å². The summed E-state index contributed by atoms with van der Waals surface area (Å²) in [4.78, 5) is 12.5. The van der Waals surface area contributed by atoms with Crippen molar-refractivity contribution in [3.05, 3.63) is 0 Å². The summed E-state index contributed by atoms with van der Waals surface area (Å²) in [5.41, 5.74) is 0. The fourth-order valence-corrected chi connectivity index (χ4v) is 5.30. The van der Waals surface area contributed by atoms with E-state index in [1.165, 1.54) is 38.5 Å². The SMILES string of the molecule is CC(C)CCCC(=O)C1C2CC3CC(C2)CC1C3. The van der Waals surface area contributed by atoms with Crippen LogP contribution in [0.15, 0.2) is 0 Å².